The van der Waals surface area contributed by atoms with Crippen LogP contribution in [-0.2, 0) is 8.24 Å². The first-order valence-electron chi connectivity index (χ1n) is 20.2. The molecule has 60 heavy (non-hydrogen) atoms. The molecule has 0 saturated carbocycles. The van der Waals surface area contributed by atoms with Gasteiger partial charge in [0.1, 0.15) is 0 Å². The Bertz CT molecular complexity index is 2170. The van der Waals surface area contributed by atoms with Gasteiger partial charge in [0.15, 0.2) is 0 Å². The molecule has 9 aromatic rings. The summed E-state index contributed by atoms with van der Waals surface area (Å²) < 4.78 is 0. The van der Waals surface area contributed by atoms with Crippen LogP contribution >= 0.6 is 44.0 Å². The van der Waals surface area contributed by atoms with Crippen LogP contribution in [0.3, 0.4) is 0 Å². The van der Waals surface area contributed by atoms with Crippen LogP contribution in [-0.4, -0.2) is 0 Å². The zero-order valence-corrected chi connectivity index (χ0v) is 41.0. The molecule has 0 heterocycles. The maximum atomic E-state index is 5.67. The van der Waals surface area contributed by atoms with E-state index in [0.29, 0.717) is 0 Å². The van der Waals surface area contributed by atoms with E-state index in [1.807, 2.05) is 0 Å². The molecule has 9 aromatic carbocycles. The van der Waals surface area contributed by atoms with Gasteiger partial charge in [-0.3, -0.25) is 0 Å². The van der Waals surface area contributed by atoms with E-state index in [-0.39, 0.29) is 0 Å². The summed E-state index contributed by atoms with van der Waals surface area (Å²) in [5.41, 5.74) is -10.6. The normalized spacial score (nSPS) is 13.7. The van der Waals surface area contributed by atoms with Crippen LogP contribution in [0.5, 0.6) is 0 Å². The van der Waals surface area contributed by atoms with Crippen molar-refractivity contribution in [1.29, 1.82) is 0 Å². The van der Waals surface area contributed by atoms with Gasteiger partial charge >= 0.3 is 373 Å². The van der Waals surface area contributed by atoms with Gasteiger partial charge in [-0.1, -0.05) is 0 Å². The van der Waals surface area contributed by atoms with E-state index < -0.39 is 25.0 Å². The van der Waals surface area contributed by atoms with Crippen molar-refractivity contribution < 1.29 is 8.24 Å². The Morgan fingerprint density at radius 1 is 0.183 bits per heavy atom. The Hall–Kier alpha value is -4.15. The van der Waals surface area contributed by atoms with E-state index in [2.05, 4.69) is 273 Å². The number of benzene rings is 9. The van der Waals surface area contributed by atoms with Gasteiger partial charge in [-0.25, -0.2) is 0 Å². The van der Waals surface area contributed by atoms with Gasteiger partial charge < -0.3 is 0 Å². The van der Waals surface area contributed by atoms with E-state index in [1.165, 1.54) is 47.7 Å². The first-order valence-corrected chi connectivity index (χ1v) is 41.6. The van der Waals surface area contributed by atoms with E-state index >= 15 is 0 Å². The molecule has 0 atom stereocenters. The van der Waals surface area contributed by atoms with Gasteiger partial charge in [0, 0.05) is 0 Å². The second-order valence-corrected chi connectivity index (χ2v) is 94.1. The summed E-state index contributed by atoms with van der Waals surface area (Å²) in [6, 6.07) is 105. The van der Waals surface area contributed by atoms with Crippen molar-refractivity contribution in [2.45, 2.75) is 0 Å². The average molecular weight is 1050 g/mol. The van der Waals surface area contributed by atoms with Gasteiger partial charge in [0.2, 0.25) is 0 Å². The molecule has 0 aromatic heterocycles. The molecule has 0 aliphatic carbocycles. The van der Waals surface area contributed by atoms with Crippen LogP contribution < -0.4 is 47.7 Å². The molecule has 0 amide bonds. The first-order chi connectivity index (χ1) is 29.5. The second-order valence-electron chi connectivity index (χ2n) is 14.9. The molecule has 0 N–H and O–H groups in total. The quantitative estimate of drug-likeness (QED) is 0.0845. The third kappa shape index (κ3) is 6.04. The van der Waals surface area contributed by atoms with Crippen molar-refractivity contribution in [3.05, 3.63) is 273 Å². The summed E-state index contributed by atoms with van der Waals surface area (Å²) in [6.07, 6.45) is 0. The van der Waals surface area contributed by atoms with E-state index in [0.717, 1.165) is 0 Å². The third-order valence-corrected chi connectivity index (χ3v) is 132. The van der Waals surface area contributed by atoms with E-state index in [1.54, 1.807) is 0 Å². The fourth-order valence-electron chi connectivity index (χ4n) is 9.68. The summed E-state index contributed by atoms with van der Waals surface area (Å²) >= 11 is 11.3. The first kappa shape index (κ1) is 41.2. The summed E-state index contributed by atoms with van der Waals surface area (Å²) in [4.78, 5) is 0. The molecule has 0 bridgehead atoms. The van der Waals surface area contributed by atoms with Crippen LogP contribution in [0.25, 0.3) is 0 Å². The number of hydrogen-bond donors (Lipinski definition) is 0. The standard InChI is InChI=1S/3C18H15P.2BrH.Ru/c3*1-4-10-16(11-5-1)19(17-12-6-2-7-13-17)18-14-8-3-9-15-18;;;/h3*1-15H;2*1H;/q;;;;;-1/p+1. The van der Waals surface area contributed by atoms with Gasteiger partial charge in [-0.15, -0.1) is 0 Å². The predicted molar refractivity (Wildman–Crippen MR) is 277 cm³/mol. The minimum absolute atomic E-state index is 1.39. The number of hydrogen-bond acceptors (Lipinski definition) is 0. The number of rotatable bonds is 12. The summed E-state index contributed by atoms with van der Waals surface area (Å²) in [6.45, 7) is 0. The molecular formula is C54H48Br2P3Ru. The Morgan fingerprint density at radius 2 is 0.283 bits per heavy atom. The molecule has 9 rings (SSSR count). The molecule has 0 aliphatic heterocycles. The van der Waals surface area contributed by atoms with Gasteiger partial charge in [0.25, 0.3) is 0 Å². The maximum absolute atomic E-state index is 5.67. The minimum atomic E-state index is -5.32. The molecule has 301 valence electrons. The average Bonchev–Trinajstić information content (AvgIpc) is 3.33. The van der Waals surface area contributed by atoms with Crippen molar-refractivity contribution in [2.24, 2.45) is 0 Å². The second kappa shape index (κ2) is 17.3. The van der Waals surface area contributed by atoms with Crippen LogP contribution in [0.2, 0.25) is 0 Å². The Labute approximate surface area is 369 Å². The monoisotopic (exact) mass is 1050 g/mol. The molecule has 6 heteroatoms. The van der Waals surface area contributed by atoms with Gasteiger partial charge in [-0.05, 0) is 0 Å². The predicted octanol–water partition coefficient (Wildman–Crippen LogP) is 11.2. The fraction of sp³-hybridized carbons (Fsp3) is 0. The van der Waals surface area contributed by atoms with Crippen LogP contribution in [0.4, 0.5) is 0 Å². The van der Waals surface area contributed by atoms with E-state index in [4.69, 9.17) is 27.2 Å². The van der Waals surface area contributed by atoms with Crippen molar-refractivity contribution in [1.82, 2.24) is 0 Å². The van der Waals surface area contributed by atoms with Gasteiger partial charge in [0.05, 0.1) is 0 Å². The molecular weight excluding hydrogens is 1000 g/mol. The van der Waals surface area contributed by atoms with Crippen molar-refractivity contribution in [2.75, 3.05) is 0 Å². The molecule has 0 fully saturated rings. The molecule has 0 saturated heterocycles. The summed E-state index contributed by atoms with van der Waals surface area (Å²) in [5.74, 6) is 0. The molecule has 0 nitrogen and oxygen atoms in total. The third-order valence-electron chi connectivity index (χ3n) is 11.9. The molecule has 0 radical (unpaired) electrons. The van der Waals surface area contributed by atoms with Crippen molar-refractivity contribution in [3.8, 4) is 0 Å². The number of halogens is 2. The zero-order chi connectivity index (χ0) is 41.0. The molecule has 0 spiro atoms. The van der Waals surface area contributed by atoms with Crippen molar-refractivity contribution >= 4 is 91.8 Å². The Balaban J connectivity index is 1.75. The fourth-order valence-corrected chi connectivity index (χ4v) is 169. The topological polar surface area (TPSA) is 0 Å². The molecule has 0 aliphatic rings. The Morgan fingerprint density at radius 3 is 0.383 bits per heavy atom. The van der Waals surface area contributed by atoms with Crippen molar-refractivity contribution in [3.63, 3.8) is 0 Å². The van der Waals surface area contributed by atoms with Crippen LogP contribution in [0.1, 0.15) is 0 Å². The van der Waals surface area contributed by atoms with Crippen LogP contribution in [0, 0.1) is 0 Å². The zero-order valence-electron chi connectivity index (χ0n) is 33.1. The Kier molecular flexibility index (Phi) is 11.9. The summed E-state index contributed by atoms with van der Waals surface area (Å²) in [7, 11) is -5.32. The summed E-state index contributed by atoms with van der Waals surface area (Å²) in [5, 5.41) is 12.5. The van der Waals surface area contributed by atoms with Gasteiger partial charge in [-0.2, -0.15) is 0 Å². The van der Waals surface area contributed by atoms with Crippen LogP contribution in [0.15, 0.2) is 273 Å². The van der Waals surface area contributed by atoms with E-state index in [9.17, 15) is 0 Å². The molecule has 0 unspecified atom stereocenters. The SMILES string of the molecule is [Br][Ru]([Br])([PH](c1ccccc1)(c1ccccc1)c1ccccc1)([PH](c1ccccc1)(c1ccccc1)c1ccccc1)[PH](c1ccccc1)(c1ccccc1)c1ccccc1.